The average Bonchev–Trinajstić information content (AvgIpc) is 3.69. The highest BCUT2D eigenvalue weighted by Crippen LogP contribution is 2.19. The van der Waals surface area contributed by atoms with Gasteiger partial charge in [0.15, 0.2) is 0 Å². The predicted octanol–water partition coefficient (Wildman–Crippen LogP) is 0.222. The zero-order valence-corrected chi connectivity index (χ0v) is 27.0. The molecule has 256 valence electrons. The number of para-hydroxylation sites is 1. The number of nitrogens with two attached hydrogens (primary N) is 2. The lowest BCUT2D eigenvalue weighted by Gasteiger charge is -2.25. The van der Waals surface area contributed by atoms with Crippen molar-refractivity contribution in [1.29, 1.82) is 0 Å². The molecule has 11 N–H and O–H groups in total. The number of nitrogens with one attached hydrogen (secondary N) is 6. The van der Waals surface area contributed by atoms with Crippen molar-refractivity contribution in [1.82, 2.24) is 36.2 Å². The number of carboxylic acids is 1. The molecule has 0 saturated carbocycles. The Hall–Kier alpha value is -4.76. The molecule has 15 nitrogen and oxygen atoms in total. The van der Waals surface area contributed by atoms with E-state index in [9.17, 15) is 29.1 Å². The number of carbonyl (C=O) groups is 5. The zero-order chi connectivity index (χ0) is 34.5. The van der Waals surface area contributed by atoms with E-state index in [1.165, 1.54) is 19.4 Å². The maximum atomic E-state index is 13.3. The molecule has 0 spiro atoms. The molecule has 2 heterocycles. The fraction of sp³-hybridized carbons (Fsp3) is 0.500. The average molecular weight is 654 g/mol. The number of amides is 4. The summed E-state index contributed by atoms with van der Waals surface area (Å²) < 4.78 is 0. The molecule has 1 aromatic carbocycles. The Labute approximate surface area is 273 Å². The van der Waals surface area contributed by atoms with Crippen LogP contribution < -0.4 is 32.7 Å². The first-order valence-electron chi connectivity index (χ1n) is 15.8. The fourth-order valence-corrected chi connectivity index (χ4v) is 5.14. The van der Waals surface area contributed by atoms with Gasteiger partial charge in [-0.05, 0) is 63.1 Å². The zero-order valence-electron chi connectivity index (χ0n) is 27.0. The van der Waals surface area contributed by atoms with Crippen molar-refractivity contribution < 1.29 is 29.1 Å². The number of carbonyl (C=O) groups excluding carboxylic acids is 4. The third kappa shape index (κ3) is 11.2. The minimum absolute atomic E-state index is 0.00622. The van der Waals surface area contributed by atoms with Crippen LogP contribution in [0.2, 0.25) is 0 Å². The number of carboxylic acid groups (broad SMARTS) is 1. The van der Waals surface area contributed by atoms with Gasteiger partial charge in [0, 0.05) is 35.4 Å². The number of unbranched alkanes of at least 4 members (excludes halogenated alkanes) is 1. The number of rotatable bonds is 19. The van der Waals surface area contributed by atoms with Crippen LogP contribution in [0, 0.1) is 5.92 Å². The minimum atomic E-state index is -1.21. The molecule has 5 atom stereocenters. The monoisotopic (exact) mass is 653 g/mol. The van der Waals surface area contributed by atoms with E-state index in [-0.39, 0.29) is 31.6 Å². The lowest BCUT2D eigenvalue weighted by atomic mass is 10.0. The van der Waals surface area contributed by atoms with Crippen LogP contribution in [0.4, 0.5) is 0 Å². The van der Waals surface area contributed by atoms with Gasteiger partial charge in [0.1, 0.15) is 24.2 Å². The number of aromatic amines is 2. The van der Waals surface area contributed by atoms with Crippen LogP contribution in [0.3, 0.4) is 0 Å². The number of H-pyrrole nitrogens is 2. The molecule has 47 heavy (non-hydrogen) atoms. The Kier molecular flexibility index (Phi) is 13.9. The first kappa shape index (κ1) is 36.7. The summed E-state index contributed by atoms with van der Waals surface area (Å²) in [5, 5.41) is 21.0. The Bertz CT molecular complexity index is 1490. The van der Waals surface area contributed by atoms with Crippen LogP contribution in [0.5, 0.6) is 0 Å². The third-order valence-corrected chi connectivity index (χ3v) is 7.72. The maximum Gasteiger partial charge on any atom is 0.326 e. The first-order chi connectivity index (χ1) is 22.4. The van der Waals surface area contributed by atoms with Crippen LogP contribution in [0.15, 0.2) is 43.0 Å². The molecule has 0 aliphatic rings. The summed E-state index contributed by atoms with van der Waals surface area (Å²) in [6, 6.07) is 2.31. The molecule has 3 rings (SSSR count). The van der Waals surface area contributed by atoms with Gasteiger partial charge in [0.05, 0.1) is 12.4 Å². The van der Waals surface area contributed by atoms with Gasteiger partial charge in [-0.15, -0.1) is 0 Å². The van der Waals surface area contributed by atoms with Crippen molar-refractivity contribution in [2.45, 2.75) is 89.5 Å². The van der Waals surface area contributed by atoms with Crippen molar-refractivity contribution in [2.24, 2.45) is 17.4 Å². The molecule has 0 aliphatic heterocycles. The summed E-state index contributed by atoms with van der Waals surface area (Å²) in [5.41, 5.74) is 14.1. The molecule has 3 aromatic rings. The molecule has 0 aliphatic carbocycles. The lowest BCUT2D eigenvalue weighted by molar-refractivity contribution is -0.142. The van der Waals surface area contributed by atoms with Gasteiger partial charge >= 0.3 is 5.97 Å². The Morgan fingerprint density at radius 2 is 1.53 bits per heavy atom. The molecule has 0 fully saturated rings. The van der Waals surface area contributed by atoms with Gasteiger partial charge < -0.3 is 47.8 Å². The summed E-state index contributed by atoms with van der Waals surface area (Å²) in [7, 11) is 0. The summed E-state index contributed by atoms with van der Waals surface area (Å²) >= 11 is 0. The van der Waals surface area contributed by atoms with Crippen LogP contribution >= 0.6 is 0 Å². The van der Waals surface area contributed by atoms with E-state index in [1.807, 2.05) is 38.1 Å². The number of aliphatic carboxylic acids is 1. The standard InChI is InChI=1S/C32H47N9O6/c1-18(2)12-26(41-29(43)23(34)13-20-15-36-24-9-5-4-8-22(20)24)30(44)38-19(3)28(42)40-27(14-21-16-35-17-37-21)31(45)39-25(32(46)47)10-6-7-11-33/h4-5,8-9,15-19,23,25-27,36H,6-7,10-14,33-34H2,1-3H3,(H,35,37)(H,38,44)(H,39,45)(H,40,42)(H,41,43)(H,46,47)/t19-,23-,25-,26-,27-/m0/s1. The topological polar surface area (TPSA) is 250 Å². The lowest BCUT2D eigenvalue weighted by Crippen LogP contribution is -2.58. The second-order valence-electron chi connectivity index (χ2n) is 12.1. The smallest absolute Gasteiger partial charge is 0.326 e. The SMILES string of the molecule is CC(C)C[C@H](NC(=O)[C@@H](N)Cc1c[nH]c2ccccc12)C(=O)N[C@@H](C)C(=O)N[C@@H](Cc1cnc[nH]1)C(=O)N[C@@H](CCCCN)C(=O)O. The molecule has 0 unspecified atom stereocenters. The van der Waals surface area contributed by atoms with E-state index in [4.69, 9.17) is 11.5 Å². The number of fused-ring (bicyclic) bond motifs is 1. The van der Waals surface area contributed by atoms with E-state index >= 15 is 0 Å². The summed E-state index contributed by atoms with van der Waals surface area (Å²) in [6.07, 6.45) is 6.50. The Morgan fingerprint density at radius 1 is 0.851 bits per heavy atom. The molecule has 0 radical (unpaired) electrons. The highest BCUT2D eigenvalue weighted by Gasteiger charge is 2.31. The minimum Gasteiger partial charge on any atom is -0.480 e. The van der Waals surface area contributed by atoms with Crippen molar-refractivity contribution >= 4 is 40.5 Å². The highest BCUT2D eigenvalue weighted by molar-refractivity contribution is 5.95. The molecule has 0 bridgehead atoms. The first-order valence-corrected chi connectivity index (χ1v) is 15.8. The molecule has 2 aromatic heterocycles. The number of imidazole rings is 1. The van der Waals surface area contributed by atoms with Crippen molar-refractivity contribution in [3.63, 3.8) is 0 Å². The van der Waals surface area contributed by atoms with Crippen LogP contribution in [0.25, 0.3) is 10.9 Å². The normalized spacial score (nSPS) is 14.5. The van der Waals surface area contributed by atoms with Gasteiger partial charge in [-0.2, -0.15) is 0 Å². The predicted molar refractivity (Wildman–Crippen MR) is 176 cm³/mol. The van der Waals surface area contributed by atoms with Gasteiger partial charge in [0.2, 0.25) is 23.6 Å². The van der Waals surface area contributed by atoms with E-state index < -0.39 is 59.8 Å². The molecule has 0 saturated heterocycles. The van der Waals surface area contributed by atoms with E-state index in [0.717, 1.165) is 16.5 Å². The number of nitrogens with zero attached hydrogens (tertiary/aromatic N) is 1. The van der Waals surface area contributed by atoms with Crippen LogP contribution in [-0.4, -0.2) is 86.4 Å². The molecular formula is C32H47N9O6. The number of hydrogen-bond acceptors (Lipinski definition) is 8. The number of hydrogen-bond donors (Lipinski definition) is 9. The molecule has 15 heteroatoms. The van der Waals surface area contributed by atoms with E-state index in [0.29, 0.717) is 25.1 Å². The fourth-order valence-electron chi connectivity index (χ4n) is 5.14. The van der Waals surface area contributed by atoms with Crippen LogP contribution in [-0.2, 0) is 36.8 Å². The van der Waals surface area contributed by atoms with Gasteiger partial charge in [-0.1, -0.05) is 32.0 Å². The van der Waals surface area contributed by atoms with E-state index in [2.05, 4.69) is 36.2 Å². The number of aromatic nitrogens is 3. The van der Waals surface area contributed by atoms with Gasteiger partial charge in [-0.3, -0.25) is 19.2 Å². The van der Waals surface area contributed by atoms with Gasteiger partial charge in [0.25, 0.3) is 0 Å². The largest absolute Gasteiger partial charge is 0.480 e. The maximum absolute atomic E-state index is 13.3. The van der Waals surface area contributed by atoms with Gasteiger partial charge in [-0.25, -0.2) is 9.78 Å². The van der Waals surface area contributed by atoms with Crippen molar-refractivity contribution in [3.05, 3.63) is 54.2 Å². The molecular weight excluding hydrogens is 606 g/mol. The van der Waals surface area contributed by atoms with E-state index in [1.54, 1.807) is 6.20 Å². The Morgan fingerprint density at radius 3 is 2.19 bits per heavy atom. The highest BCUT2D eigenvalue weighted by atomic mass is 16.4. The summed E-state index contributed by atoms with van der Waals surface area (Å²) in [4.78, 5) is 74.6. The Balaban J connectivity index is 1.64. The third-order valence-electron chi connectivity index (χ3n) is 7.72. The quantitative estimate of drug-likeness (QED) is 0.0802. The van der Waals surface area contributed by atoms with Crippen molar-refractivity contribution in [3.8, 4) is 0 Å². The summed E-state index contributed by atoms with van der Waals surface area (Å²) in [5.74, 6) is -3.67. The molecule has 4 amide bonds. The van der Waals surface area contributed by atoms with Crippen molar-refractivity contribution in [2.75, 3.05) is 6.54 Å². The van der Waals surface area contributed by atoms with Crippen LogP contribution in [0.1, 0.15) is 57.7 Å². The summed E-state index contributed by atoms with van der Waals surface area (Å²) in [6.45, 7) is 5.63. The second-order valence-corrected chi connectivity index (χ2v) is 12.1. The second kappa shape index (κ2) is 17.8. The number of benzene rings is 1.